The average Bonchev–Trinajstić information content (AvgIpc) is 3.63. The second-order valence-electron chi connectivity index (χ2n) is 13.8. The molecule has 0 aliphatic carbocycles. The number of imidazole rings is 1. The number of rotatable bonds is 4. The van der Waals surface area contributed by atoms with Crippen molar-refractivity contribution in [2.24, 2.45) is 0 Å². The predicted molar refractivity (Wildman–Crippen MR) is 223 cm³/mol. The van der Waals surface area contributed by atoms with Gasteiger partial charge in [0, 0.05) is 23.0 Å². The van der Waals surface area contributed by atoms with E-state index in [2.05, 4.69) is 174 Å². The lowest BCUT2D eigenvalue weighted by Gasteiger charge is -2.16. The van der Waals surface area contributed by atoms with Crippen LogP contribution in [-0.2, 0) is 0 Å². The fraction of sp³-hybridized carbons (Fsp3) is 0. The quantitative estimate of drug-likeness (QED) is 0.174. The molecule has 0 fully saturated rings. The molecule has 2 aromatic heterocycles. The summed E-state index contributed by atoms with van der Waals surface area (Å²) in [5.41, 5.74) is 8.70. The Morgan fingerprint density at radius 2 is 0.943 bits per heavy atom. The molecule has 11 rings (SSSR count). The lowest BCUT2D eigenvalue weighted by molar-refractivity contribution is 1.10. The van der Waals surface area contributed by atoms with Crippen LogP contribution in [0.25, 0.3) is 104 Å². The average molecular weight is 674 g/mol. The number of benzene rings is 8. The van der Waals surface area contributed by atoms with Crippen LogP contribution in [0.5, 0.6) is 0 Å². The highest BCUT2D eigenvalue weighted by Crippen LogP contribution is 2.43. The summed E-state index contributed by atoms with van der Waals surface area (Å²) in [4.78, 5) is 9.80. The minimum atomic E-state index is 0.938. The van der Waals surface area contributed by atoms with Crippen LogP contribution in [-0.4, -0.2) is 14.5 Å². The first-order chi connectivity index (χ1) is 26.3. The lowest BCUT2D eigenvalue weighted by Crippen LogP contribution is -1.97. The van der Waals surface area contributed by atoms with E-state index in [0.29, 0.717) is 0 Å². The molecule has 0 aliphatic heterocycles. The third kappa shape index (κ3) is 4.68. The zero-order valence-corrected chi connectivity index (χ0v) is 28.7. The number of aromatic nitrogens is 3. The molecule has 11 aromatic rings. The summed E-state index contributed by atoms with van der Waals surface area (Å²) in [5, 5.41) is 12.4. The number of hydrogen-bond acceptors (Lipinski definition) is 2. The molecule has 0 saturated carbocycles. The summed E-state index contributed by atoms with van der Waals surface area (Å²) < 4.78 is 2.27. The highest BCUT2D eigenvalue weighted by Gasteiger charge is 2.17. The molecule has 9 aromatic carbocycles. The number of para-hydroxylation sites is 2. The third-order valence-corrected chi connectivity index (χ3v) is 10.8. The van der Waals surface area contributed by atoms with Crippen LogP contribution in [0, 0.1) is 0 Å². The summed E-state index contributed by atoms with van der Waals surface area (Å²) in [6, 6.07) is 65.6. The van der Waals surface area contributed by atoms with Gasteiger partial charge in [0.2, 0.25) is 0 Å². The van der Waals surface area contributed by atoms with E-state index < -0.39 is 0 Å². The molecular formula is C50H31N3. The molecule has 3 heteroatoms. The van der Waals surface area contributed by atoms with Crippen molar-refractivity contribution < 1.29 is 0 Å². The van der Waals surface area contributed by atoms with E-state index in [1.54, 1.807) is 0 Å². The molecule has 2 heterocycles. The Hall–Kier alpha value is -7.10. The number of fused-ring (bicyclic) bond motifs is 6. The van der Waals surface area contributed by atoms with E-state index in [-0.39, 0.29) is 0 Å². The van der Waals surface area contributed by atoms with Crippen LogP contribution in [0.4, 0.5) is 0 Å². The highest BCUT2D eigenvalue weighted by molar-refractivity contribution is 6.33. The van der Waals surface area contributed by atoms with Crippen LogP contribution in [0.1, 0.15) is 0 Å². The molecule has 246 valence electrons. The summed E-state index contributed by atoms with van der Waals surface area (Å²) in [6.45, 7) is 0. The molecule has 0 amide bonds. The second-order valence-corrected chi connectivity index (χ2v) is 13.8. The molecule has 3 nitrogen and oxygen atoms in total. The van der Waals surface area contributed by atoms with Gasteiger partial charge in [0.05, 0.1) is 16.7 Å². The molecule has 0 N–H and O–H groups in total. The maximum atomic E-state index is 5.06. The van der Waals surface area contributed by atoms with E-state index in [1.165, 1.54) is 65.0 Å². The van der Waals surface area contributed by atoms with Gasteiger partial charge in [-0.05, 0) is 126 Å². The molecule has 0 aliphatic rings. The van der Waals surface area contributed by atoms with Gasteiger partial charge in [-0.15, -0.1) is 0 Å². The Morgan fingerprint density at radius 1 is 0.377 bits per heavy atom. The monoisotopic (exact) mass is 673 g/mol. The molecule has 0 spiro atoms. The molecular weight excluding hydrogens is 643 g/mol. The summed E-state index contributed by atoms with van der Waals surface area (Å²) in [5.74, 6) is 0.938. The van der Waals surface area contributed by atoms with Crippen LogP contribution in [0.3, 0.4) is 0 Å². The van der Waals surface area contributed by atoms with Gasteiger partial charge in [-0.1, -0.05) is 121 Å². The van der Waals surface area contributed by atoms with Gasteiger partial charge >= 0.3 is 0 Å². The molecule has 0 atom stereocenters. The first-order valence-electron chi connectivity index (χ1n) is 18.1. The van der Waals surface area contributed by atoms with Gasteiger partial charge in [-0.2, -0.15) is 0 Å². The van der Waals surface area contributed by atoms with Gasteiger partial charge in [0.15, 0.2) is 0 Å². The smallest absolute Gasteiger partial charge is 0.145 e. The predicted octanol–water partition coefficient (Wildman–Crippen LogP) is 13.2. The minimum absolute atomic E-state index is 0.938. The van der Waals surface area contributed by atoms with Crippen molar-refractivity contribution in [2.45, 2.75) is 0 Å². The Kier molecular flexibility index (Phi) is 6.55. The van der Waals surface area contributed by atoms with Gasteiger partial charge in [0.25, 0.3) is 0 Å². The van der Waals surface area contributed by atoms with Crippen molar-refractivity contribution in [1.82, 2.24) is 14.5 Å². The van der Waals surface area contributed by atoms with Crippen LogP contribution in [0.2, 0.25) is 0 Å². The standard InChI is InChI=1S/C50H31N3/c1-2-12-33(13-3-1)50-52-46-19-8-9-20-47(46)53(50)38-25-23-32(24-26-38)36-28-34-21-22-35-29-37(45-18-10-11-27-51-45)31-44-42-17-7-5-15-40(42)39-14-4-6-16-41(39)43(30-36)48(34)49(35)44/h1-31H. The summed E-state index contributed by atoms with van der Waals surface area (Å²) >= 11 is 0. The first kappa shape index (κ1) is 29.6. The molecule has 0 bridgehead atoms. The fourth-order valence-electron chi connectivity index (χ4n) is 8.38. The van der Waals surface area contributed by atoms with Crippen LogP contribution >= 0.6 is 0 Å². The van der Waals surface area contributed by atoms with Crippen molar-refractivity contribution in [2.75, 3.05) is 0 Å². The van der Waals surface area contributed by atoms with E-state index in [4.69, 9.17) is 9.97 Å². The van der Waals surface area contributed by atoms with Gasteiger partial charge in [-0.3, -0.25) is 9.55 Å². The van der Waals surface area contributed by atoms with E-state index in [9.17, 15) is 0 Å². The van der Waals surface area contributed by atoms with E-state index >= 15 is 0 Å². The molecule has 0 saturated heterocycles. The van der Waals surface area contributed by atoms with E-state index in [1.807, 2.05) is 18.3 Å². The lowest BCUT2D eigenvalue weighted by atomic mass is 9.87. The molecule has 0 radical (unpaired) electrons. The van der Waals surface area contributed by atoms with Crippen molar-refractivity contribution in [3.05, 3.63) is 188 Å². The maximum Gasteiger partial charge on any atom is 0.145 e. The van der Waals surface area contributed by atoms with Gasteiger partial charge in [-0.25, -0.2) is 4.98 Å². The van der Waals surface area contributed by atoms with Crippen LogP contribution in [0.15, 0.2) is 188 Å². The van der Waals surface area contributed by atoms with Crippen molar-refractivity contribution in [3.8, 4) is 39.5 Å². The largest absolute Gasteiger partial charge is 0.292 e. The Morgan fingerprint density at radius 3 is 1.60 bits per heavy atom. The number of hydrogen-bond donors (Lipinski definition) is 0. The van der Waals surface area contributed by atoms with Crippen LogP contribution < -0.4 is 0 Å². The van der Waals surface area contributed by atoms with Gasteiger partial charge in [0.1, 0.15) is 5.82 Å². The SMILES string of the molecule is c1ccc(-c2nc3ccccc3n2-c2ccc(-c3cc4ccc5cc(-c6ccccn6)cc6c7ccccc7c7ccccc7c(c3)c4c56)cc2)cc1. The van der Waals surface area contributed by atoms with E-state index in [0.717, 1.165) is 39.4 Å². The Labute approximate surface area is 306 Å². The number of nitrogens with zero attached hydrogens (tertiary/aromatic N) is 3. The third-order valence-electron chi connectivity index (χ3n) is 10.8. The Balaban J connectivity index is 1.17. The maximum absolute atomic E-state index is 5.06. The summed E-state index contributed by atoms with van der Waals surface area (Å²) in [7, 11) is 0. The topological polar surface area (TPSA) is 30.7 Å². The normalized spacial score (nSPS) is 11.8. The first-order valence-corrected chi connectivity index (χ1v) is 18.1. The molecule has 0 unspecified atom stereocenters. The number of pyridine rings is 1. The minimum Gasteiger partial charge on any atom is -0.292 e. The highest BCUT2D eigenvalue weighted by atomic mass is 15.1. The zero-order valence-electron chi connectivity index (χ0n) is 28.7. The zero-order chi connectivity index (χ0) is 34.9. The fourth-order valence-corrected chi connectivity index (χ4v) is 8.38. The van der Waals surface area contributed by atoms with Crippen molar-refractivity contribution in [3.63, 3.8) is 0 Å². The second kappa shape index (κ2) is 11.7. The van der Waals surface area contributed by atoms with Gasteiger partial charge < -0.3 is 0 Å². The van der Waals surface area contributed by atoms with Crippen molar-refractivity contribution >= 4 is 64.9 Å². The van der Waals surface area contributed by atoms with Crippen molar-refractivity contribution in [1.29, 1.82) is 0 Å². The molecule has 53 heavy (non-hydrogen) atoms. The Bertz CT molecular complexity index is 3200. The summed E-state index contributed by atoms with van der Waals surface area (Å²) in [6.07, 6.45) is 1.87.